The highest BCUT2D eigenvalue weighted by Gasteiger charge is 2.31. The molecule has 2 heterocycles. The van der Waals surface area contributed by atoms with E-state index >= 15 is 0 Å². The Kier molecular flexibility index (Phi) is 6.87. The fourth-order valence-electron chi connectivity index (χ4n) is 3.61. The highest BCUT2D eigenvalue weighted by Crippen LogP contribution is 2.37. The minimum absolute atomic E-state index is 0.0298. The number of amides is 2. The molecule has 1 saturated carbocycles. The molecule has 1 atom stereocenters. The van der Waals surface area contributed by atoms with Gasteiger partial charge in [0.15, 0.2) is 23.0 Å². The van der Waals surface area contributed by atoms with Crippen molar-refractivity contribution in [2.45, 2.75) is 32.4 Å². The lowest BCUT2D eigenvalue weighted by Gasteiger charge is -2.32. The van der Waals surface area contributed by atoms with Crippen molar-refractivity contribution in [3.63, 3.8) is 0 Å². The normalized spacial score (nSPS) is 17.1. The van der Waals surface area contributed by atoms with Crippen molar-refractivity contribution in [1.82, 2.24) is 14.8 Å². The fourth-order valence-corrected chi connectivity index (χ4v) is 3.61. The summed E-state index contributed by atoms with van der Waals surface area (Å²) in [6.45, 7) is -0.181. The Morgan fingerprint density at radius 2 is 1.88 bits per heavy atom. The number of carboxylic acid groups (broad SMARTS) is 1. The Morgan fingerprint density at radius 1 is 1.21 bits per heavy atom. The molecule has 34 heavy (non-hydrogen) atoms. The smallest absolute Gasteiger partial charge is 0.407 e. The van der Waals surface area contributed by atoms with Crippen LogP contribution in [0.15, 0.2) is 22.6 Å². The largest absolute Gasteiger partial charge is 0.489 e. The van der Waals surface area contributed by atoms with Crippen molar-refractivity contribution in [3.05, 3.63) is 29.7 Å². The molecule has 2 aliphatic rings. The van der Waals surface area contributed by atoms with Crippen molar-refractivity contribution in [1.29, 1.82) is 0 Å². The first-order chi connectivity index (χ1) is 16.2. The van der Waals surface area contributed by atoms with Gasteiger partial charge in [-0.05, 0) is 43.9 Å². The third-order valence-corrected chi connectivity index (χ3v) is 5.69. The quantitative estimate of drug-likeness (QED) is 0.589. The van der Waals surface area contributed by atoms with Crippen LogP contribution < -0.4 is 15.2 Å². The van der Waals surface area contributed by atoms with Crippen LogP contribution >= 0.6 is 0 Å². The van der Waals surface area contributed by atoms with E-state index in [1.54, 1.807) is 6.92 Å². The number of halogens is 2. The average molecular weight is 480 g/mol. The van der Waals surface area contributed by atoms with Crippen molar-refractivity contribution in [3.8, 4) is 23.0 Å². The fraction of sp³-hybridized carbons (Fsp3) is 0.500. The van der Waals surface area contributed by atoms with Crippen LogP contribution in [0.5, 0.6) is 11.5 Å². The minimum atomic E-state index is -3.01. The molecule has 10 nitrogen and oxygen atoms in total. The number of nitrogens with two attached hydrogens (primary N) is 1. The van der Waals surface area contributed by atoms with Crippen LogP contribution in [0.25, 0.3) is 11.5 Å². The highest BCUT2D eigenvalue weighted by atomic mass is 19.3. The van der Waals surface area contributed by atoms with Gasteiger partial charge in [0.2, 0.25) is 5.89 Å². The molecule has 184 valence electrons. The van der Waals surface area contributed by atoms with E-state index in [9.17, 15) is 18.4 Å². The Bertz CT molecular complexity index is 1050. The van der Waals surface area contributed by atoms with Crippen LogP contribution in [0.2, 0.25) is 0 Å². The van der Waals surface area contributed by atoms with Gasteiger partial charge in [0, 0.05) is 31.7 Å². The molecule has 3 N–H and O–H groups in total. The van der Waals surface area contributed by atoms with Crippen LogP contribution in [-0.2, 0) is 0 Å². The molecule has 0 radical (unpaired) electrons. The van der Waals surface area contributed by atoms with Crippen molar-refractivity contribution < 1.29 is 37.4 Å². The van der Waals surface area contributed by atoms with E-state index in [1.807, 2.05) is 0 Å². The van der Waals surface area contributed by atoms with E-state index in [1.165, 1.54) is 28.0 Å². The molecule has 1 saturated heterocycles. The van der Waals surface area contributed by atoms with Gasteiger partial charge < -0.3 is 34.5 Å². The molecule has 1 aromatic carbocycles. The van der Waals surface area contributed by atoms with E-state index < -0.39 is 24.7 Å². The predicted molar refractivity (Wildman–Crippen MR) is 115 cm³/mol. The maximum atomic E-state index is 13.1. The van der Waals surface area contributed by atoms with Gasteiger partial charge in [0.1, 0.15) is 0 Å². The van der Waals surface area contributed by atoms with Gasteiger partial charge in [-0.2, -0.15) is 8.78 Å². The topological polar surface area (TPSA) is 131 Å². The number of oxazole rings is 1. The summed E-state index contributed by atoms with van der Waals surface area (Å²) in [5.74, 6) is 0.248. The Hall–Kier alpha value is -3.41. The number of rotatable bonds is 8. The molecule has 2 fully saturated rings. The average Bonchev–Trinajstić information content (AvgIpc) is 3.52. The summed E-state index contributed by atoms with van der Waals surface area (Å²) in [5, 5.41) is 9.11. The van der Waals surface area contributed by atoms with E-state index in [2.05, 4.69) is 9.72 Å². The summed E-state index contributed by atoms with van der Waals surface area (Å²) < 4.78 is 41.7. The zero-order valence-corrected chi connectivity index (χ0v) is 18.6. The molecule has 1 aliphatic heterocycles. The zero-order chi connectivity index (χ0) is 24.4. The Labute approximate surface area is 194 Å². The number of hydrogen-bond donors (Lipinski definition) is 2. The number of alkyl halides is 2. The number of carbonyl (C=O) groups excluding carboxylic acids is 1. The first-order valence-electron chi connectivity index (χ1n) is 11.0. The summed E-state index contributed by atoms with van der Waals surface area (Å²) >= 11 is 0. The predicted octanol–water partition coefficient (Wildman–Crippen LogP) is 3.19. The molecule has 2 aromatic rings. The van der Waals surface area contributed by atoms with Gasteiger partial charge in [-0.25, -0.2) is 9.78 Å². The summed E-state index contributed by atoms with van der Waals surface area (Å²) in [4.78, 5) is 31.3. The maximum absolute atomic E-state index is 13.1. The minimum Gasteiger partial charge on any atom is -0.489 e. The summed E-state index contributed by atoms with van der Waals surface area (Å²) in [6.07, 6.45) is 1.01. The van der Waals surface area contributed by atoms with Crippen LogP contribution in [0, 0.1) is 5.92 Å². The van der Waals surface area contributed by atoms with Crippen molar-refractivity contribution >= 4 is 12.0 Å². The second-order valence-corrected chi connectivity index (χ2v) is 8.38. The van der Waals surface area contributed by atoms with E-state index in [0.717, 1.165) is 12.8 Å². The van der Waals surface area contributed by atoms with Crippen LogP contribution in [0.3, 0.4) is 0 Å². The molecular formula is C22H26F2N4O6. The Morgan fingerprint density at radius 3 is 2.47 bits per heavy atom. The number of piperazine rings is 1. The molecule has 4 rings (SSSR count). The van der Waals surface area contributed by atoms with Gasteiger partial charge in [-0.15, -0.1) is 0 Å². The molecule has 0 spiro atoms. The maximum Gasteiger partial charge on any atom is 0.407 e. The number of carbonyl (C=O) groups is 2. The summed E-state index contributed by atoms with van der Waals surface area (Å²) in [5.41, 5.74) is 6.45. The number of ether oxygens (including phenoxy) is 2. The molecule has 1 aromatic heterocycles. The lowest BCUT2D eigenvalue weighted by Crippen LogP contribution is -2.50. The second kappa shape index (κ2) is 9.84. The van der Waals surface area contributed by atoms with E-state index in [0.29, 0.717) is 18.1 Å². The van der Waals surface area contributed by atoms with Crippen molar-refractivity contribution in [2.24, 2.45) is 11.7 Å². The SMILES string of the molecule is C[C@H](N)c1oc(-c2ccc(OC(F)F)c(OCC3CC3)c2)nc1C(=O)N1CCN(C(=O)O)CC1. The zero-order valence-electron chi connectivity index (χ0n) is 18.6. The van der Waals surface area contributed by atoms with Gasteiger partial charge in [0.25, 0.3) is 5.91 Å². The molecular weight excluding hydrogens is 454 g/mol. The third-order valence-electron chi connectivity index (χ3n) is 5.69. The number of aromatic nitrogens is 1. The van der Waals surface area contributed by atoms with E-state index in [4.69, 9.17) is 20.0 Å². The van der Waals surface area contributed by atoms with Gasteiger partial charge in [0.05, 0.1) is 12.6 Å². The van der Waals surface area contributed by atoms with Crippen LogP contribution in [-0.4, -0.2) is 71.3 Å². The lowest BCUT2D eigenvalue weighted by atomic mass is 10.2. The van der Waals surface area contributed by atoms with Crippen molar-refractivity contribution in [2.75, 3.05) is 32.8 Å². The third kappa shape index (κ3) is 5.38. The molecule has 2 amide bonds. The van der Waals surface area contributed by atoms with E-state index in [-0.39, 0.29) is 55.0 Å². The first kappa shape index (κ1) is 23.7. The highest BCUT2D eigenvalue weighted by molar-refractivity contribution is 5.94. The monoisotopic (exact) mass is 480 g/mol. The molecule has 12 heteroatoms. The second-order valence-electron chi connectivity index (χ2n) is 8.38. The standard InChI is InChI=1S/C22H26F2N4O6/c1-12(25)18-17(20(29)27-6-8-28(9-7-27)22(30)31)26-19(34-18)14-4-5-15(33-21(23)24)16(10-14)32-11-13-2-3-13/h4-5,10,12-13,21H,2-3,6-9,11,25H2,1H3,(H,30,31)/t12-/m0/s1. The van der Waals surface area contributed by atoms with Crippen LogP contribution in [0.1, 0.15) is 42.1 Å². The Balaban J connectivity index is 1.59. The van der Waals surface area contributed by atoms with Gasteiger partial charge in [-0.1, -0.05) is 0 Å². The summed E-state index contributed by atoms with van der Waals surface area (Å²) in [7, 11) is 0. The molecule has 0 unspecified atom stereocenters. The first-order valence-corrected chi connectivity index (χ1v) is 11.0. The van der Waals surface area contributed by atoms with Crippen LogP contribution in [0.4, 0.5) is 13.6 Å². The summed E-state index contributed by atoms with van der Waals surface area (Å²) in [6, 6.07) is 3.66. The van der Waals surface area contributed by atoms with Gasteiger partial charge >= 0.3 is 12.7 Å². The molecule has 0 bridgehead atoms. The number of benzene rings is 1. The number of hydrogen-bond acceptors (Lipinski definition) is 7. The number of nitrogens with zero attached hydrogens (tertiary/aromatic N) is 3. The van der Waals surface area contributed by atoms with Gasteiger partial charge in [-0.3, -0.25) is 4.79 Å². The molecule has 1 aliphatic carbocycles. The lowest BCUT2D eigenvalue weighted by molar-refractivity contribution is -0.0515.